The number of hydrogen-bond acceptors (Lipinski definition) is 7. The highest BCUT2D eigenvalue weighted by Gasteiger charge is 2.29. The maximum atomic E-state index is 8.96. The van der Waals surface area contributed by atoms with Crippen LogP contribution in [-0.2, 0) is 4.74 Å². The van der Waals surface area contributed by atoms with Crippen molar-refractivity contribution in [3.63, 3.8) is 0 Å². The Balaban J connectivity index is -0.000000439. The Morgan fingerprint density at radius 3 is 1.00 bits per heavy atom. The summed E-state index contributed by atoms with van der Waals surface area (Å²) in [6, 6.07) is 0. The molecule has 7 nitrogen and oxygen atoms in total. The highest BCUT2D eigenvalue weighted by atomic mass is 16.5. The second-order valence-electron chi connectivity index (χ2n) is 10.5. The average Bonchev–Trinajstić information content (AvgIpc) is 2.89. The zero-order valence-electron chi connectivity index (χ0n) is 24.5. The first-order valence-electron chi connectivity index (χ1n) is 13.8. The highest BCUT2D eigenvalue weighted by Crippen LogP contribution is 2.29. The molecule has 0 heterocycles. The van der Waals surface area contributed by atoms with Gasteiger partial charge in [0, 0.05) is 13.2 Å². The first-order valence-corrected chi connectivity index (χ1v) is 13.8. The molecule has 0 aliphatic carbocycles. The molecule has 0 fully saturated rings. The van der Waals surface area contributed by atoms with Crippen LogP contribution in [0.15, 0.2) is 0 Å². The summed E-state index contributed by atoms with van der Waals surface area (Å²) >= 11 is 0. The molecular weight excluding hydrogens is 448 g/mol. The molecule has 0 aromatic carbocycles. The highest BCUT2D eigenvalue weighted by molar-refractivity contribution is 4.79. The van der Waals surface area contributed by atoms with Gasteiger partial charge in [0.05, 0.1) is 13.2 Å². The Kier molecular flexibility index (Phi) is 27.0. The lowest BCUT2D eigenvalue weighted by Crippen LogP contribution is -2.46. The van der Waals surface area contributed by atoms with Gasteiger partial charge >= 0.3 is 0 Å². The van der Waals surface area contributed by atoms with E-state index in [1.807, 2.05) is 0 Å². The molecule has 0 radical (unpaired) electrons. The van der Waals surface area contributed by atoms with Crippen molar-refractivity contribution in [3.05, 3.63) is 0 Å². The molecule has 0 saturated heterocycles. The maximum absolute atomic E-state index is 8.96. The molecule has 0 saturated carbocycles. The van der Waals surface area contributed by atoms with Crippen LogP contribution in [0.25, 0.3) is 0 Å². The summed E-state index contributed by atoms with van der Waals surface area (Å²) in [7, 11) is 0. The Hall–Kier alpha value is -0.280. The fraction of sp³-hybridized carbons (Fsp3) is 1.00. The van der Waals surface area contributed by atoms with Gasteiger partial charge in [-0.15, -0.1) is 0 Å². The van der Waals surface area contributed by atoms with Crippen LogP contribution < -0.4 is 0 Å². The molecule has 0 amide bonds. The monoisotopic (exact) mass is 510 g/mol. The molecule has 0 aromatic heterocycles. The first-order chi connectivity index (χ1) is 16.3. The molecular formula is C28H62O7. The van der Waals surface area contributed by atoms with Crippen LogP contribution in [0.3, 0.4) is 0 Å². The summed E-state index contributed by atoms with van der Waals surface area (Å²) in [6.45, 7) is 23.5. The Morgan fingerprint density at radius 1 is 0.514 bits per heavy atom. The lowest BCUT2D eigenvalue weighted by molar-refractivity contribution is -0.123. The van der Waals surface area contributed by atoms with Crippen molar-refractivity contribution in [1.29, 1.82) is 0 Å². The third-order valence-electron chi connectivity index (χ3n) is 7.62. The molecule has 0 aromatic rings. The van der Waals surface area contributed by atoms with E-state index in [-0.39, 0.29) is 0 Å². The summed E-state index contributed by atoms with van der Waals surface area (Å²) in [5.41, 5.74) is 0. The number of hydrogen-bond donors (Lipinski definition) is 6. The molecule has 0 aliphatic rings. The van der Waals surface area contributed by atoms with E-state index < -0.39 is 37.6 Å². The van der Waals surface area contributed by atoms with Gasteiger partial charge in [-0.3, -0.25) is 0 Å². The van der Waals surface area contributed by atoms with Crippen LogP contribution in [0, 0.1) is 35.5 Å². The molecule has 216 valence electrons. The van der Waals surface area contributed by atoms with Gasteiger partial charge in [0.1, 0.15) is 24.4 Å². The number of rotatable bonds is 16. The fourth-order valence-corrected chi connectivity index (χ4v) is 3.16. The quantitative estimate of drug-likeness (QED) is 0.186. The Morgan fingerprint density at radius 2 is 0.800 bits per heavy atom. The van der Waals surface area contributed by atoms with Crippen LogP contribution in [0.4, 0.5) is 0 Å². The smallest absolute Gasteiger partial charge is 0.111 e. The van der Waals surface area contributed by atoms with E-state index in [1.54, 1.807) is 0 Å². The van der Waals surface area contributed by atoms with Crippen LogP contribution in [0.1, 0.15) is 94.9 Å². The van der Waals surface area contributed by atoms with E-state index in [9.17, 15) is 0 Å². The van der Waals surface area contributed by atoms with E-state index >= 15 is 0 Å². The Bertz CT molecular complexity index is 372. The van der Waals surface area contributed by atoms with Crippen molar-refractivity contribution in [2.45, 2.75) is 119 Å². The largest absolute Gasteiger partial charge is 0.394 e. The SMILES string of the molecule is CCC(C)C(C)C(C)C(C)CC.CCC(C)COCC(C)CC.OCC(O)C(O)C(O)C(O)CO. The third-order valence-corrected chi connectivity index (χ3v) is 7.62. The summed E-state index contributed by atoms with van der Waals surface area (Å²) in [4.78, 5) is 0. The van der Waals surface area contributed by atoms with Gasteiger partial charge in [0.25, 0.3) is 0 Å². The average molecular weight is 511 g/mol. The summed E-state index contributed by atoms with van der Waals surface area (Å²) < 4.78 is 5.54. The number of aliphatic hydroxyl groups excluding tert-OH is 6. The molecule has 35 heavy (non-hydrogen) atoms. The summed E-state index contributed by atoms with van der Waals surface area (Å²) in [6.07, 6.45) is -1.30. The summed E-state index contributed by atoms with van der Waals surface area (Å²) in [5.74, 6) is 4.97. The van der Waals surface area contributed by atoms with Gasteiger partial charge in [-0.2, -0.15) is 0 Å². The second kappa shape index (κ2) is 24.1. The lowest BCUT2D eigenvalue weighted by Gasteiger charge is -2.29. The van der Waals surface area contributed by atoms with Crippen LogP contribution in [-0.4, -0.2) is 81.5 Å². The van der Waals surface area contributed by atoms with E-state index in [0.717, 1.165) is 48.7 Å². The van der Waals surface area contributed by atoms with Crippen LogP contribution >= 0.6 is 0 Å². The van der Waals surface area contributed by atoms with Crippen molar-refractivity contribution in [2.24, 2.45) is 35.5 Å². The fourth-order valence-electron chi connectivity index (χ4n) is 3.16. The normalized spacial score (nSPS) is 19.9. The van der Waals surface area contributed by atoms with Gasteiger partial charge in [0.15, 0.2) is 0 Å². The molecule has 0 bridgehead atoms. The lowest BCUT2D eigenvalue weighted by atomic mass is 9.77. The molecule has 7 heteroatoms. The first kappa shape index (κ1) is 39.2. The maximum Gasteiger partial charge on any atom is 0.111 e. The van der Waals surface area contributed by atoms with E-state index in [4.69, 9.17) is 35.4 Å². The van der Waals surface area contributed by atoms with E-state index in [0.29, 0.717) is 0 Å². The van der Waals surface area contributed by atoms with Gasteiger partial charge in [-0.05, 0) is 35.5 Å². The van der Waals surface area contributed by atoms with Crippen molar-refractivity contribution < 1.29 is 35.4 Å². The molecule has 10 unspecified atom stereocenters. The predicted octanol–water partition coefficient (Wildman–Crippen LogP) is 3.86. The number of ether oxygens (including phenoxy) is 1. The van der Waals surface area contributed by atoms with Crippen molar-refractivity contribution in [2.75, 3.05) is 26.4 Å². The predicted molar refractivity (Wildman–Crippen MR) is 145 cm³/mol. The molecule has 0 aliphatic heterocycles. The molecule has 0 rings (SSSR count). The van der Waals surface area contributed by atoms with Gasteiger partial charge < -0.3 is 35.4 Å². The van der Waals surface area contributed by atoms with Crippen molar-refractivity contribution in [3.8, 4) is 0 Å². The van der Waals surface area contributed by atoms with E-state index in [2.05, 4.69) is 69.2 Å². The van der Waals surface area contributed by atoms with Crippen molar-refractivity contribution in [1.82, 2.24) is 0 Å². The van der Waals surface area contributed by atoms with Gasteiger partial charge in [-0.1, -0.05) is 94.9 Å². The zero-order valence-corrected chi connectivity index (χ0v) is 24.5. The van der Waals surface area contributed by atoms with Crippen LogP contribution in [0.2, 0.25) is 0 Å². The summed E-state index contributed by atoms with van der Waals surface area (Å²) in [5, 5.41) is 52.2. The molecule has 0 spiro atoms. The van der Waals surface area contributed by atoms with Gasteiger partial charge in [0.2, 0.25) is 0 Å². The Labute approximate surface area is 216 Å². The molecule has 10 atom stereocenters. The van der Waals surface area contributed by atoms with E-state index in [1.165, 1.54) is 25.7 Å². The van der Waals surface area contributed by atoms with Crippen molar-refractivity contribution >= 4 is 0 Å². The minimum Gasteiger partial charge on any atom is -0.394 e. The topological polar surface area (TPSA) is 131 Å². The van der Waals surface area contributed by atoms with Gasteiger partial charge in [-0.25, -0.2) is 0 Å². The third kappa shape index (κ3) is 19.5. The number of aliphatic hydroxyl groups is 6. The molecule has 6 N–H and O–H groups in total. The van der Waals surface area contributed by atoms with Crippen LogP contribution in [0.5, 0.6) is 0 Å². The minimum absolute atomic E-state index is 0.721. The zero-order chi connectivity index (χ0) is 28.1. The minimum atomic E-state index is -1.67. The second-order valence-corrected chi connectivity index (χ2v) is 10.5. The standard InChI is InChI=1S/C12H26.C10H22O.C6H14O6/c1-7-9(3)11(5)12(6)10(4)8-2;1-5-9(3)7-11-8-10(4)6-2;7-1-3(9)5(11)6(12)4(10)2-8/h9-12H,7-8H2,1-6H3;9-10H,5-8H2,1-4H3;3-12H,1-2H2.